The molecule has 1 fully saturated rings. The Kier molecular flexibility index (Phi) is 8.93. The highest BCUT2D eigenvalue weighted by Gasteiger charge is 2.32. The van der Waals surface area contributed by atoms with Crippen LogP contribution in [-0.4, -0.2) is 60.3 Å². The third-order valence-corrected chi connectivity index (χ3v) is 9.35. The molecule has 210 valence electrons. The Bertz CT molecular complexity index is 1470. The lowest BCUT2D eigenvalue weighted by Crippen LogP contribution is -2.42. The predicted octanol–water partition coefficient (Wildman–Crippen LogP) is 3.85. The van der Waals surface area contributed by atoms with Crippen LogP contribution in [0.5, 0.6) is 0 Å². The van der Waals surface area contributed by atoms with Crippen molar-refractivity contribution in [3.63, 3.8) is 0 Å². The number of nitrogens with one attached hydrogen (secondary N) is 1. The highest BCUT2D eigenvalue weighted by molar-refractivity contribution is 7.89. The summed E-state index contributed by atoms with van der Waals surface area (Å²) in [5.41, 5.74) is 1.30. The van der Waals surface area contributed by atoms with Crippen LogP contribution in [-0.2, 0) is 23.6 Å². The van der Waals surface area contributed by atoms with Gasteiger partial charge in [-0.25, -0.2) is 8.42 Å². The number of rotatable bonds is 9. The molecule has 2 atom stereocenters. The van der Waals surface area contributed by atoms with Crippen molar-refractivity contribution in [1.29, 1.82) is 0 Å². The molecule has 0 spiro atoms. The highest BCUT2D eigenvalue weighted by atomic mass is 32.2. The van der Waals surface area contributed by atoms with Crippen molar-refractivity contribution in [1.82, 2.24) is 19.1 Å². The van der Waals surface area contributed by atoms with Crippen molar-refractivity contribution < 1.29 is 13.2 Å². The molecule has 1 aliphatic rings. The zero-order valence-electron chi connectivity index (χ0n) is 23.6. The average molecular weight is 553 g/mol. The number of hydrogen-bond donors (Lipinski definition) is 1. The Morgan fingerprint density at radius 3 is 2.38 bits per heavy atom. The van der Waals surface area contributed by atoms with Crippen LogP contribution in [0.2, 0.25) is 0 Å². The van der Waals surface area contributed by atoms with Crippen molar-refractivity contribution >= 4 is 26.8 Å². The maximum Gasteiger partial charge on any atom is 0.256 e. The van der Waals surface area contributed by atoms with Crippen LogP contribution in [0.1, 0.15) is 50.0 Å². The zero-order chi connectivity index (χ0) is 28.3. The van der Waals surface area contributed by atoms with Crippen LogP contribution in [0.15, 0.2) is 64.4 Å². The Morgan fingerprint density at radius 2 is 1.74 bits per heavy atom. The Hall–Kier alpha value is -3.01. The predicted molar refractivity (Wildman–Crippen MR) is 155 cm³/mol. The highest BCUT2D eigenvalue weighted by Crippen LogP contribution is 2.28. The van der Waals surface area contributed by atoms with Crippen LogP contribution in [0, 0.1) is 11.8 Å². The van der Waals surface area contributed by atoms with Crippen LogP contribution in [0.25, 0.3) is 10.9 Å². The molecular weight excluding hydrogens is 512 g/mol. The minimum Gasteiger partial charge on any atom is -0.351 e. The van der Waals surface area contributed by atoms with Crippen molar-refractivity contribution in [2.24, 2.45) is 18.9 Å². The van der Waals surface area contributed by atoms with E-state index >= 15 is 0 Å². The van der Waals surface area contributed by atoms with Gasteiger partial charge < -0.3 is 9.88 Å². The van der Waals surface area contributed by atoms with E-state index in [1.807, 2.05) is 18.2 Å². The normalized spacial score (nSPS) is 18.6. The van der Waals surface area contributed by atoms with E-state index in [9.17, 15) is 18.0 Å². The van der Waals surface area contributed by atoms with Gasteiger partial charge in [-0.05, 0) is 55.9 Å². The van der Waals surface area contributed by atoms with Gasteiger partial charge in [0, 0.05) is 57.4 Å². The molecule has 3 aromatic rings. The van der Waals surface area contributed by atoms with E-state index in [1.54, 1.807) is 23.7 Å². The molecule has 39 heavy (non-hydrogen) atoms. The van der Waals surface area contributed by atoms with Gasteiger partial charge in [-0.15, -0.1) is 0 Å². The van der Waals surface area contributed by atoms with Gasteiger partial charge in [-0.3, -0.25) is 14.5 Å². The molecular formula is C30H40N4O4S. The zero-order valence-corrected chi connectivity index (χ0v) is 24.4. The molecule has 0 radical (unpaired) electrons. The summed E-state index contributed by atoms with van der Waals surface area (Å²) in [6.07, 6.45) is 2.51. The van der Waals surface area contributed by atoms with Crippen LogP contribution < -0.4 is 10.7 Å². The monoisotopic (exact) mass is 552 g/mol. The van der Waals surface area contributed by atoms with Gasteiger partial charge in [0.1, 0.15) is 5.56 Å². The number of nitrogens with zero attached hydrogens (tertiary/aromatic N) is 3. The van der Waals surface area contributed by atoms with E-state index in [4.69, 9.17) is 0 Å². The Labute approximate surface area is 231 Å². The summed E-state index contributed by atoms with van der Waals surface area (Å²) in [5.74, 6) is 0.0748. The first-order valence-electron chi connectivity index (χ1n) is 13.7. The summed E-state index contributed by atoms with van der Waals surface area (Å²) in [5, 5.41) is 3.11. The van der Waals surface area contributed by atoms with Gasteiger partial charge in [0.2, 0.25) is 15.5 Å². The SMILES string of the molecule is CC(C)N(CCNC(=O)c1cn(C)c2ccc(S(=O)(=O)N3C[C@H](C)C[C@H](C)C3)cc2c1=O)Cc1ccccc1. The van der Waals surface area contributed by atoms with Crippen molar-refractivity contribution in [3.8, 4) is 0 Å². The number of fused-ring (bicyclic) bond motifs is 1. The molecule has 1 aliphatic heterocycles. The molecule has 0 aliphatic carbocycles. The largest absolute Gasteiger partial charge is 0.351 e. The number of benzene rings is 2. The number of piperidine rings is 1. The summed E-state index contributed by atoms with van der Waals surface area (Å²) in [4.78, 5) is 28.9. The number of aromatic nitrogens is 1. The lowest BCUT2D eigenvalue weighted by Gasteiger charge is -2.34. The fourth-order valence-corrected chi connectivity index (χ4v) is 7.20. The smallest absolute Gasteiger partial charge is 0.256 e. The van der Waals surface area contributed by atoms with Crippen LogP contribution >= 0.6 is 0 Å². The summed E-state index contributed by atoms with van der Waals surface area (Å²) in [6.45, 7) is 11.0. The number of amides is 1. The molecule has 1 aromatic heterocycles. The first-order valence-corrected chi connectivity index (χ1v) is 15.1. The topological polar surface area (TPSA) is 91.7 Å². The molecule has 1 N–H and O–H groups in total. The molecule has 0 unspecified atom stereocenters. The second-order valence-electron chi connectivity index (χ2n) is 11.2. The standard InChI is InChI=1S/C30H40N4O4S/c1-21(2)33(19-24-9-7-6-8-10-24)14-13-31-30(36)27-20-32(5)28-12-11-25(16-26(28)29(27)35)39(37,38)34-17-22(3)15-23(4)18-34/h6-12,16,20-23H,13-15,17-19H2,1-5H3,(H,31,36)/t22-,23+. The third-order valence-electron chi connectivity index (χ3n) is 7.52. The molecule has 2 heterocycles. The van der Waals surface area contributed by atoms with Gasteiger partial charge >= 0.3 is 0 Å². The van der Waals surface area contributed by atoms with Gasteiger partial charge in [0.25, 0.3) is 5.91 Å². The van der Waals surface area contributed by atoms with Crippen molar-refractivity contribution in [3.05, 3.63) is 76.1 Å². The second-order valence-corrected chi connectivity index (χ2v) is 13.2. The number of pyridine rings is 1. The Balaban J connectivity index is 1.54. The van der Waals surface area contributed by atoms with Gasteiger partial charge in [0.05, 0.1) is 10.4 Å². The quantitative estimate of drug-likeness (QED) is 0.436. The summed E-state index contributed by atoms with van der Waals surface area (Å²) < 4.78 is 30.1. The van der Waals surface area contributed by atoms with Crippen LogP contribution in [0.3, 0.4) is 0 Å². The lowest BCUT2D eigenvalue weighted by atomic mass is 9.94. The number of hydrogen-bond acceptors (Lipinski definition) is 5. The van der Waals surface area contributed by atoms with E-state index in [2.05, 4.69) is 50.0 Å². The number of carbonyl (C=O) groups is 1. The molecule has 1 saturated heterocycles. The number of aryl methyl sites for hydroxylation is 1. The van der Waals surface area contributed by atoms with E-state index in [-0.39, 0.29) is 33.7 Å². The molecule has 8 nitrogen and oxygen atoms in total. The lowest BCUT2D eigenvalue weighted by molar-refractivity contribution is 0.0942. The summed E-state index contributed by atoms with van der Waals surface area (Å²) >= 11 is 0. The maximum absolute atomic E-state index is 13.5. The molecule has 9 heteroatoms. The number of sulfonamides is 1. The number of carbonyl (C=O) groups excluding carboxylic acids is 1. The third kappa shape index (κ3) is 6.59. The first kappa shape index (κ1) is 29.0. The molecule has 0 saturated carbocycles. The average Bonchev–Trinajstić information content (AvgIpc) is 2.89. The van der Waals surface area contributed by atoms with Crippen LogP contribution in [0.4, 0.5) is 0 Å². The maximum atomic E-state index is 13.5. The second kappa shape index (κ2) is 12.0. The molecule has 1 amide bonds. The molecule has 2 aromatic carbocycles. The van der Waals surface area contributed by atoms with Gasteiger partial charge in [0.15, 0.2) is 0 Å². The van der Waals surface area contributed by atoms with Gasteiger partial charge in [-0.1, -0.05) is 44.2 Å². The van der Waals surface area contributed by atoms with E-state index in [0.717, 1.165) is 13.0 Å². The summed E-state index contributed by atoms with van der Waals surface area (Å²) in [7, 11) is -2.01. The fourth-order valence-electron chi connectivity index (χ4n) is 5.49. The minimum absolute atomic E-state index is 0.000999. The van der Waals surface area contributed by atoms with Crippen molar-refractivity contribution in [2.45, 2.75) is 51.6 Å². The van der Waals surface area contributed by atoms with Gasteiger partial charge in [-0.2, -0.15) is 4.31 Å². The Morgan fingerprint density at radius 1 is 1.08 bits per heavy atom. The molecule has 4 rings (SSSR count). The molecule has 0 bridgehead atoms. The minimum atomic E-state index is -3.76. The van der Waals surface area contributed by atoms with E-state index in [0.29, 0.717) is 31.7 Å². The van der Waals surface area contributed by atoms with E-state index < -0.39 is 21.4 Å². The van der Waals surface area contributed by atoms with E-state index in [1.165, 1.54) is 22.1 Å². The first-order chi connectivity index (χ1) is 18.5. The fraction of sp³-hybridized carbons (Fsp3) is 0.467. The summed E-state index contributed by atoms with van der Waals surface area (Å²) in [6, 6.07) is 15.1. The van der Waals surface area contributed by atoms with Crippen molar-refractivity contribution in [2.75, 3.05) is 26.2 Å².